The zero-order valence-electron chi connectivity index (χ0n) is 15.8. The normalized spacial score (nSPS) is 11.5. The molecule has 2 aromatic carbocycles. The van der Waals surface area contributed by atoms with Gasteiger partial charge in [0.1, 0.15) is 6.61 Å². The summed E-state index contributed by atoms with van der Waals surface area (Å²) in [6.07, 6.45) is 3.04. The van der Waals surface area contributed by atoms with Crippen molar-refractivity contribution in [3.8, 4) is 11.5 Å². The highest BCUT2D eigenvalue weighted by Gasteiger charge is 2.16. The van der Waals surface area contributed by atoms with Crippen LogP contribution in [0.5, 0.6) is 11.5 Å². The second kappa shape index (κ2) is 10.5. The molecule has 0 saturated carbocycles. The number of methoxy groups -OCH3 is 1. The van der Waals surface area contributed by atoms with Crippen LogP contribution in [0, 0.1) is 0 Å². The van der Waals surface area contributed by atoms with Gasteiger partial charge in [0, 0.05) is 0 Å². The Labute approximate surface area is 164 Å². The first-order chi connectivity index (χ1) is 13.5. The molecule has 146 valence electrons. The first-order valence-electron chi connectivity index (χ1n) is 8.65. The minimum absolute atomic E-state index is 0.296. The summed E-state index contributed by atoms with van der Waals surface area (Å²) in [5, 5.41) is 6.43. The third kappa shape index (κ3) is 5.98. The van der Waals surface area contributed by atoms with Crippen molar-refractivity contribution in [2.45, 2.75) is 13.0 Å². The number of hydrogen-bond acceptors (Lipinski definition) is 5. The van der Waals surface area contributed by atoms with Crippen LogP contribution < -0.4 is 20.2 Å². The predicted octanol–water partition coefficient (Wildman–Crippen LogP) is 2.59. The second-order valence-electron chi connectivity index (χ2n) is 5.81. The maximum absolute atomic E-state index is 12.0. The van der Waals surface area contributed by atoms with Crippen molar-refractivity contribution in [1.29, 1.82) is 0 Å². The summed E-state index contributed by atoms with van der Waals surface area (Å²) in [5.41, 5.74) is 3.78. The average molecular weight is 381 g/mol. The third-order valence-electron chi connectivity index (χ3n) is 3.78. The van der Waals surface area contributed by atoms with E-state index in [1.807, 2.05) is 30.3 Å². The van der Waals surface area contributed by atoms with E-state index in [4.69, 9.17) is 9.47 Å². The zero-order chi connectivity index (χ0) is 20.4. The highest BCUT2D eigenvalue weighted by atomic mass is 16.5. The van der Waals surface area contributed by atoms with Crippen LogP contribution in [0.15, 0.2) is 66.3 Å². The van der Waals surface area contributed by atoms with Crippen LogP contribution in [0.1, 0.15) is 24.1 Å². The highest BCUT2D eigenvalue weighted by Crippen LogP contribution is 2.27. The molecule has 2 rings (SSSR count). The summed E-state index contributed by atoms with van der Waals surface area (Å²) >= 11 is 0. The van der Waals surface area contributed by atoms with E-state index < -0.39 is 11.8 Å². The maximum Gasteiger partial charge on any atom is 0.329 e. The van der Waals surface area contributed by atoms with Gasteiger partial charge in [-0.2, -0.15) is 5.10 Å². The number of rotatable bonds is 8. The van der Waals surface area contributed by atoms with Crippen LogP contribution in [0.4, 0.5) is 0 Å². The Bertz CT molecular complexity index is 850. The van der Waals surface area contributed by atoms with E-state index in [0.717, 1.165) is 5.56 Å². The van der Waals surface area contributed by atoms with Gasteiger partial charge in [0.2, 0.25) is 0 Å². The van der Waals surface area contributed by atoms with E-state index in [-0.39, 0.29) is 6.04 Å². The van der Waals surface area contributed by atoms with Crippen LogP contribution >= 0.6 is 0 Å². The molecule has 0 heterocycles. The van der Waals surface area contributed by atoms with Crippen molar-refractivity contribution in [2.24, 2.45) is 5.10 Å². The Morgan fingerprint density at radius 3 is 2.57 bits per heavy atom. The number of carbonyl (C=O) groups is 2. The van der Waals surface area contributed by atoms with Crippen LogP contribution in [0.2, 0.25) is 0 Å². The molecule has 0 unspecified atom stereocenters. The van der Waals surface area contributed by atoms with Crippen molar-refractivity contribution in [1.82, 2.24) is 10.7 Å². The first-order valence-corrected chi connectivity index (χ1v) is 8.65. The number of benzene rings is 2. The molecule has 0 bridgehead atoms. The molecule has 2 N–H and O–H groups in total. The summed E-state index contributed by atoms with van der Waals surface area (Å²) in [7, 11) is 1.52. The quantitative estimate of drug-likeness (QED) is 0.318. The molecular weight excluding hydrogens is 358 g/mol. The fourth-order valence-corrected chi connectivity index (χ4v) is 2.34. The van der Waals surface area contributed by atoms with E-state index in [9.17, 15) is 9.59 Å². The van der Waals surface area contributed by atoms with Gasteiger partial charge in [-0.05, 0) is 36.2 Å². The number of nitrogens with zero attached hydrogens (tertiary/aromatic N) is 1. The molecule has 0 aliphatic rings. The molecule has 7 heteroatoms. The summed E-state index contributed by atoms with van der Waals surface area (Å²) in [5.74, 6) is -0.527. The molecule has 0 saturated heterocycles. The Morgan fingerprint density at radius 1 is 1.14 bits per heavy atom. The molecule has 1 atom stereocenters. The lowest BCUT2D eigenvalue weighted by Gasteiger charge is -2.13. The molecule has 28 heavy (non-hydrogen) atoms. The number of nitrogens with one attached hydrogen (secondary N) is 2. The first kappa shape index (κ1) is 20.7. The topological polar surface area (TPSA) is 89.0 Å². The number of ether oxygens (including phenoxy) is 2. The molecule has 0 radical (unpaired) electrons. The summed E-state index contributed by atoms with van der Waals surface area (Å²) in [4.78, 5) is 23.9. The number of carbonyl (C=O) groups excluding carboxylic acids is 2. The van der Waals surface area contributed by atoms with Gasteiger partial charge >= 0.3 is 11.8 Å². The number of amides is 2. The molecule has 7 nitrogen and oxygen atoms in total. The van der Waals surface area contributed by atoms with Gasteiger partial charge in [-0.25, -0.2) is 5.43 Å². The Balaban J connectivity index is 1.91. The van der Waals surface area contributed by atoms with Crippen molar-refractivity contribution < 1.29 is 19.1 Å². The van der Waals surface area contributed by atoms with Crippen LogP contribution in [-0.2, 0) is 9.59 Å². The molecule has 0 aromatic heterocycles. The Morgan fingerprint density at radius 2 is 1.89 bits per heavy atom. The second-order valence-corrected chi connectivity index (χ2v) is 5.81. The average Bonchev–Trinajstić information content (AvgIpc) is 2.73. The molecular formula is C21H23N3O4. The number of hydrogen-bond donors (Lipinski definition) is 2. The summed E-state index contributed by atoms with van der Waals surface area (Å²) in [6.45, 7) is 5.75. The minimum atomic E-state index is -0.850. The Kier molecular flexibility index (Phi) is 7.77. The molecule has 0 aliphatic heterocycles. The molecule has 2 amide bonds. The fraction of sp³-hybridized carbons (Fsp3) is 0.190. The summed E-state index contributed by atoms with van der Waals surface area (Å²) in [6, 6.07) is 14.2. The lowest BCUT2D eigenvalue weighted by atomic mass is 10.1. The lowest BCUT2D eigenvalue weighted by molar-refractivity contribution is -0.139. The van der Waals surface area contributed by atoms with Crippen LogP contribution in [0.3, 0.4) is 0 Å². The Hall–Kier alpha value is -3.61. The van der Waals surface area contributed by atoms with E-state index >= 15 is 0 Å². The highest BCUT2D eigenvalue weighted by molar-refractivity contribution is 6.35. The van der Waals surface area contributed by atoms with Gasteiger partial charge in [0.15, 0.2) is 11.5 Å². The lowest BCUT2D eigenvalue weighted by Crippen LogP contribution is -2.39. The predicted molar refractivity (Wildman–Crippen MR) is 107 cm³/mol. The molecule has 0 aliphatic carbocycles. The SMILES string of the molecule is C=CCOc1ccc(/C=N\NC(=O)C(=O)N[C@@H](C)c2ccccc2)cc1OC. The number of hydrazone groups is 1. The van der Waals surface area contributed by atoms with Crippen molar-refractivity contribution in [3.63, 3.8) is 0 Å². The maximum atomic E-state index is 12.0. The zero-order valence-corrected chi connectivity index (χ0v) is 15.8. The van der Waals surface area contributed by atoms with E-state index in [2.05, 4.69) is 22.4 Å². The van der Waals surface area contributed by atoms with Gasteiger partial charge in [-0.3, -0.25) is 9.59 Å². The largest absolute Gasteiger partial charge is 0.493 e. The van der Waals surface area contributed by atoms with Crippen molar-refractivity contribution in [3.05, 3.63) is 72.3 Å². The standard InChI is InChI=1S/C21H23N3O4/c1-4-12-28-18-11-10-16(13-19(18)27-3)14-22-24-21(26)20(25)23-15(2)17-8-6-5-7-9-17/h4-11,13-15H,1,12H2,2-3H3,(H,23,25)(H,24,26)/b22-14-/t15-/m0/s1. The molecule has 2 aromatic rings. The van der Waals surface area contributed by atoms with Crippen molar-refractivity contribution in [2.75, 3.05) is 13.7 Å². The smallest absolute Gasteiger partial charge is 0.329 e. The third-order valence-corrected chi connectivity index (χ3v) is 3.78. The monoisotopic (exact) mass is 381 g/mol. The fourth-order valence-electron chi connectivity index (χ4n) is 2.34. The van der Waals surface area contributed by atoms with Gasteiger partial charge in [-0.15, -0.1) is 0 Å². The van der Waals surface area contributed by atoms with E-state index in [0.29, 0.717) is 23.7 Å². The van der Waals surface area contributed by atoms with Gasteiger partial charge < -0.3 is 14.8 Å². The van der Waals surface area contributed by atoms with Gasteiger partial charge in [0.25, 0.3) is 0 Å². The van der Waals surface area contributed by atoms with Gasteiger partial charge in [0.05, 0.1) is 19.4 Å². The van der Waals surface area contributed by atoms with Crippen LogP contribution in [-0.4, -0.2) is 31.7 Å². The molecule has 0 fully saturated rings. The minimum Gasteiger partial charge on any atom is -0.493 e. The summed E-state index contributed by atoms with van der Waals surface area (Å²) < 4.78 is 10.7. The molecule has 0 spiro atoms. The van der Waals surface area contributed by atoms with Crippen molar-refractivity contribution >= 4 is 18.0 Å². The van der Waals surface area contributed by atoms with E-state index in [1.165, 1.54) is 13.3 Å². The van der Waals surface area contributed by atoms with Gasteiger partial charge in [-0.1, -0.05) is 43.0 Å². The van der Waals surface area contributed by atoms with Crippen LogP contribution in [0.25, 0.3) is 0 Å². The van der Waals surface area contributed by atoms with E-state index in [1.54, 1.807) is 31.2 Å².